The first-order chi connectivity index (χ1) is 5.98. The lowest BCUT2D eigenvalue weighted by atomic mass is 10.3. The van der Waals surface area contributed by atoms with Gasteiger partial charge in [-0.15, -0.1) is 0 Å². The van der Waals surface area contributed by atoms with E-state index in [-0.39, 0.29) is 5.66 Å². The zero-order valence-corrected chi connectivity index (χ0v) is 8.27. The summed E-state index contributed by atoms with van der Waals surface area (Å²) >= 11 is 5.04. The molecule has 2 heterocycles. The van der Waals surface area contributed by atoms with Gasteiger partial charge in [0, 0.05) is 6.07 Å². The minimum absolute atomic E-state index is 0.212. The van der Waals surface area contributed by atoms with Gasteiger partial charge in [0.15, 0.2) is 0 Å². The predicted octanol–water partition coefficient (Wildman–Crippen LogP) is 0.900. The minimum atomic E-state index is -0.212. The Labute approximate surface area is 80.9 Å². The van der Waals surface area contributed by atoms with Gasteiger partial charge in [0.25, 0.3) is 0 Å². The Morgan fingerprint density at radius 1 is 1.62 bits per heavy atom. The fourth-order valence-electron chi connectivity index (χ4n) is 1.33. The van der Waals surface area contributed by atoms with E-state index >= 15 is 0 Å². The lowest BCUT2D eigenvalue weighted by Gasteiger charge is -2.18. The van der Waals surface area contributed by atoms with Crippen molar-refractivity contribution in [1.29, 1.82) is 0 Å². The summed E-state index contributed by atoms with van der Waals surface area (Å²) in [5.41, 5.74) is 8.50. The molecule has 0 unspecified atom stereocenters. The van der Waals surface area contributed by atoms with E-state index in [2.05, 4.69) is 15.7 Å². The number of nitrogens with two attached hydrogens (primary N) is 1. The molecule has 5 nitrogen and oxygen atoms in total. The quantitative estimate of drug-likeness (QED) is 0.539. The third kappa shape index (κ3) is 1.33. The van der Waals surface area contributed by atoms with Gasteiger partial charge in [-0.2, -0.15) is 0 Å². The van der Waals surface area contributed by atoms with Crippen molar-refractivity contribution in [2.75, 3.05) is 16.5 Å². The number of anilines is 2. The number of nitrogens with one attached hydrogen (secondary N) is 2. The van der Waals surface area contributed by atoms with Crippen LogP contribution in [0.25, 0.3) is 0 Å². The Hall–Kier alpha value is -1.30. The largest absolute Gasteiger partial charge is 0.383 e. The summed E-state index contributed by atoms with van der Waals surface area (Å²) in [6.07, 6.45) is 0. The first-order valence-corrected chi connectivity index (χ1v) is 4.35. The minimum Gasteiger partial charge on any atom is -0.383 e. The second kappa shape index (κ2) is 2.35. The van der Waals surface area contributed by atoms with Gasteiger partial charge < -0.3 is 11.1 Å². The number of nitrogens with zero attached hydrogens (tertiary/aromatic N) is 2. The predicted molar refractivity (Wildman–Crippen MR) is 54.5 cm³/mol. The highest BCUT2D eigenvalue weighted by atomic mass is 32.1. The van der Waals surface area contributed by atoms with Crippen LogP contribution in [-0.2, 0) is 0 Å². The molecule has 1 aliphatic rings. The number of nitrogen functional groups attached to an aromatic ring is 1. The monoisotopic (exact) mass is 197 g/mol. The van der Waals surface area contributed by atoms with E-state index < -0.39 is 0 Å². The van der Waals surface area contributed by atoms with Gasteiger partial charge in [-0.25, -0.2) is 9.66 Å². The molecule has 0 saturated carbocycles. The molecule has 70 valence electrons. The number of fused-ring (bicyclic) bond motifs is 1. The van der Waals surface area contributed by atoms with Crippen LogP contribution in [0, 0.1) is 4.77 Å². The lowest BCUT2D eigenvalue weighted by Crippen LogP contribution is -2.36. The van der Waals surface area contributed by atoms with Gasteiger partial charge in [0.1, 0.15) is 17.3 Å². The summed E-state index contributed by atoms with van der Waals surface area (Å²) < 4.78 is 2.15. The zero-order chi connectivity index (χ0) is 9.64. The van der Waals surface area contributed by atoms with Gasteiger partial charge in [0.05, 0.1) is 0 Å². The Morgan fingerprint density at radius 3 is 3.00 bits per heavy atom. The van der Waals surface area contributed by atoms with Crippen LogP contribution in [0.2, 0.25) is 0 Å². The van der Waals surface area contributed by atoms with Crippen molar-refractivity contribution in [3.8, 4) is 0 Å². The van der Waals surface area contributed by atoms with Crippen molar-refractivity contribution < 1.29 is 0 Å². The zero-order valence-electron chi connectivity index (χ0n) is 7.46. The summed E-state index contributed by atoms with van der Waals surface area (Å²) in [6, 6.07) is 1.75. The van der Waals surface area contributed by atoms with E-state index in [0.29, 0.717) is 10.6 Å². The molecule has 0 aliphatic carbocycles. The molecule has 4 N–H and O–H groups in total. The maximum Gasteiger partial charge on any atom is 0.222 e. The van der Waals surface area contributed by atoms with E-state index in [1.165, 1.54) is 0 Å². The lowest BCUT2D eigenvalue weighted by molar-refractivity contribution is 0.620. The summed E-state index contributed by atoms with van der Waals surface area (Å²) in [4.78, 5) is 3.96. The highest BCUT2D eigenvalue weighted by Gasteiger charge is 2.26. The maximum absolute atomic E-state index is 5.56. The molecule has 0 saturated heterocycles. The Balaban J connectivity index is 2.58. The third-order valence-electron chi connectivity index (χ3n) is 1.77. The Kier molecular flexibility index (Phi) is 1.50. The second-order valence-electron chi connectivity index (χ2n) is 3.55. The fourth-order valence-corrected chi connectivity index (χ4v) is 1.58. The number of hydrogen-bond donors (Lipinski definition) is 3. The van der Waals surface area contributed by atoms with Crippen LogP contribution in [0.5, 0.6) is 0 Å². The molecule has 13 heavy (non-hydrogen) atoms. The van der Waals surface area contributed by atoms with E-state index in [1.54, 1.807) is 10.7 Å². The SMILES string of the molecule is CC1(C)Nc2cc(N)nc(=S)n2N1. The molecule has 0 aromatic carbocycles. The van der Waals surface area contributed by atoms with Crippen LogP contribution >= 0.6 is 12.2 Å². The van der Waals surface area contributed by atoms with Crippen molar-refractivity contribution in [2.45, 2.75) is 19.5 Å². The van der Waals surface area contributed by atoms with E-state index in [0.717, 1.165) is 5.82 Å². The molecule has 1 aliphatic heterocycles. The topological polar surface area (TPSA) is 67.9 Å². The number of aromatic nitrogens is 2. The highest BCUT2D eigenvalue weighted by Crippen LogP contribution is 2.22. The van der Waals surface area contributed by atoms with Crippen LogP contribution in [0.15, 0.2) is 6.07 Å². The van der Waals surface area contributed by atoms with Gasteiger partial charge in [0.2, 0.25) is 4.77 Å². The van der Waals surface area contributed by atoms with Crippen LogP contribution in [0.3, 0.4) is 0 Å². The summed E-state index contributed by atoms with van der Waals surface area (Å²) in [5.74, 6) is 1.28. The molecule has 0 bridgehead atoms. The van der Waals surface area contributed by atoms with Gasteiger partial charge in [-0.3, -0.25) is 5.43 Å². The molecule has 0 radical (unpaired) electrons. The summed E-state index contributed by atoms with van der Waals surface area (Å²) in [7, 11) is 0. The van der Waals surface area contributed by atoms with Crippen LogP contribution in [0.1, 0.15) is 13.8 Å². The van der Waals surface area contributed by atoms with Crippen molar-refractivity contribution in [2.24, 2.45) is 0 Å². The Bertz CT molecular complexity index is 408. The fraction of sp³-hybridized carbons (Fsp3) is 0.429. The highest BCUT2D eigenvalue weighted by molar-refractivity contribution is 7.71. The van der Waals surface area contributed by atoms with Crippen LogP contribution in [-0.4, -0.2) is 15.3 Å². The molecule has 1 aromatic heterocycles. The van der Waals surface area contributed by atoms with Gasteiger partial charge in [-0.1, -0.05) is 0 Å². The van der Waals surface area contributed by atoms with E-state index in [1.807, 2.05) is 13.8 Å². The Morgan fingerprint density at radius 2 is 2.31 bits per heavy atom. The number of rotatable bonds is 0. The smallest absolute Gasteiger partial charge is 0.222 e. The van der Waals surface area contributed by atoms with Gasteiger partial charge >= 0.3 is 0 Å². The molecule has 0 spiro atoms. The average Bonchev–Trinajstić information content (AvgIpc) is 2.23. The maximum atomic E-state index is 5.56. The third-order valence-corrected chi connectivity index (χ3v) is 2.05. The normalized spacial score (nSPS) is 17.4. The molecule has 0 atom stereocenters. The first-order valence-electron chi connectivity index (χ1n) is 3.94. The van der Waals surface area contributed by atoms with Crippen molar-refractivity contribution in [3.05, 3.63) is 10.8 Å². The van der Waals surface area contributed by atoms with E-state index in [4.69, 9.17) is 18.0 Å². The van der Waals surface area contributed by atoms with Gasteiger partial charge in [-0.05, 0) is 26.1 Å². The standard InChI is InChI=1S/C7H11N5S/c1-7(2)10-5-3-4(8)9-6(13)12(5)11-7/h3,10-11H,1-2H3,(H2,8,9,13). The average molecular weight is 197 g/mol. The number of hydrogen-bond acceptors (Lipinski definition) is 5. The molecule has 6 heteroatoms. The molecule has 1 aromatic rings. The van der Waals surface area contributed by atoms with Crippen LogP contribution in [0.4, 0.5) is 11.6 Å². The summed E-state index contributed by atoms with van der Waals surface area (Å²) in [5, 5.41) is 3.22. The summed E-state index contributed by atoms with van der Waals surface area (Å²) in [6.45, 7) is 4.01. The van der Waals surface area contributed by atoms with E-state index in [9.17, 15) is 0 Å². The molecule has 0 amide bonds. The molecular formula is C7H11N5S. The molecule has 2 rings (SSSR count). The van der Waals surface area contributed by atoms with Crippen molar-refractivity contribution in [1.82, 2.24) is 9.66 Å². The molecular weight excluding hydrogens is 186 g/mol. The molecule has 0 fully saturated rings. The van der Waals surface area contributed by atoms with Crippen molar-refractivity contribution in [3.63, 3.8) is 0 Å². The van der Waals surface area contributed by atoms with Crippen LogP contribution < -0.4 is 16.5 Å². The second-order valence-corrected chi connectivity index (χ2v) is 3.91. The van der Waals surface area contributed by atoms with Crippen molar-refractivity contribution >= 4 is 23.9 Å². The first kappa shape index (κ1) is 8.31.